The van der Waals surface area contributed by atoms with E-state index in [0.29, 0.717) is 37.7 Å². The lowest BCUT2D eigenvalue weighted by atomic mass is 10.2. The molecular formula is C16H21N3O4. The van der Waals surface area contributed by atoms with Gasteiger partial charge in [0.1, 0.15) is 0 Å². The van der Waals surface area contributed by atoms with E-state index in [2.05, 4.69) is 11.9 Å². The highest BCUT2D eigenvalue weighted by Crippen LogP contribution is 2.28. The van der Waals surface area contributed by atoms with Crippen LogP contribution in [0.3, 0.4) is 0 Å². The molecule has 0 aromatic heterocycles. The van der Waals surface area contributed by atoms with Gasteiger partial charge in [-0.05, 0) is 17.7 Å². The standard InChI is InChI=1S/C16H21N3O4/c1-4-8-18(16(21)19-9-7-17-15(19)20)11-12-5-6-13(22-2)14(10-12)23-3/h4-6,10H,1,7-9,11H2,2-3H3,(H,17,20). The molecule has 23 heavy (non-hydrogen) atoms. The number of rotatable bonds is 6. The Kier molecular flexibility index (Phi) is 5.46. The van der Waals surface area contributed by atoms with Crippen LogP contribution in [0.5, 0.6) is 11.5 Å². The van der Waals surface area contributed by atoms with Crippen LogP contribution >= 0.6 is 0 Å². The number of benzene rings is 1. The number of nitrogens with one attached hydrogen (secondary N) is 1. The minimum Gasteiger partial charge on any atom is -0.493 e. The first-order valence-electron chi connectivity index (χ1n) is 7.26. The predicted molar refractivity (Wildman–Crippen MR) is 85.7 cm³/mol. The highest BCUT2D eigenvalue weighted by Gasteiger charge is 2.29. The molecule has 0 spiro atoms. The SMILES string of the molecule is C=CCN(Cc1ccc(OC)c(OC)c1)C(=O)N1CCNC1=O. The van der Waals surface area contributed by atoms with Crippen molar-refractivity contribution < 1.29 is 19.1 Å². The van der Waals surface area contributed by atoms with Gasteiger partial charge in [0.15, 0.2) is 11.5 Å². The van der Waals surface area contributed by atoms with Crippen LogP contribution in [-0.4, -0.2) is 55.7 Å². The molecule has 0 bridgehead atoms. The van der Waals surface area contributed by atoms with Gasteiger partial charge in [-0.3, -0.25) is 0 Å². The second-order valence-corrected chi connectivity index (χ2v) is 5.02. The third-order valence-corrected chi connectivity index (χ3v) is 3.53. The van der Waals surface area contributed by atoms with Crippen LogP contribution in [0.15, 0.2) is 30.9 Å². The summed E-state index contributed by atoms with van der Waals surface area (Å²) in [5.74, 6) is 1.21. The maximum atomic E-state index is 12.5. The molecule has 124 valence electrons. The first-order chi connectivity index (χ1) is 11.1. The van der Waals surface area contributed by atoms with Gasteiger partial charge in [-0.15, -0.1) is 6.58 Å². The van der Waals surface area contributed by atoms with Crippen molar-refractivity contribution in [2.24, 2.45) is 0 Å². The summed E-state index contributed by atoms with van der Waals surface area (Å²) in [7, 11) is 3.12. The van der Waals surface area contributed by atoms with Gasteiger partial charge in [0.05, 0.1) is 14.2 Å². The van der Waals surface area contributed by atoms with E-state index in [9.17, 15) is 9.59 Å². The van der Waals surface area contributed by atoms with E-state index in [1.807, 2.05) is 12.1 Å². The molecule has 1 aliphatic rings. The largest absolute Gasteiger partial charge is 0.493 e. The van der Waals surface area contributed by atoms with E-state index in [0.717, 1.165) is 5.56 Å². The Hall–Kier alpha value is -2.70. The van der Waals surface area contributed by atoms with Crippen molar-refractivity contribution in [2.45, 2.75) is 6.54 Å². The maximum Gasteiger partial charge on any atom is 0.328 e. The minimum absolute atomic E-state index is 0.338. The van der Waals surface area contributed by atoms with Crippen molar-refractivity contribution in [2.75, 3.05) is 33.9 Å². The number of urea groups is 2. The summed E-state index contributed by atoms with van der Waals surface area (Å²) in [6.07, 6.45) is 1.63. The van der Waals surface area contributed by atoms with E-state index >= 15 is 0 Å². The van der Waals surface area contributed by atoms with Gasteiger partial charge >= 0.3 is 12.1 Å². The van der Waals surface area contributed by atoms with Crippen LogP contribution in [0.25, 0.3) is 0 Å². The van der Waals surface area contributed by atoms with Gasteiger partial charge in [0.25, 0.3) is 0 Å². The molecular weight excluding hydrogens is 298 g/mol. The van der Waals surface area contributed by atoms with Crippen LogP contribution in [0.1, 0.15) is 5.56 Å². The second-order valence-electron chi connectivity index (χ2n) is 5.02. The lowest BCUT2D eigenvalue weighted by Gasteiger charge is -2.25. The van der Waals surface area contributed by atoms with E-state index < -0.39 is 0 Å². The summed E-state index contributed by atoms with van der Waals surface area (Å²) < 4.78 is 10.5. The van der Waals surface area contributed by atoms with Crippen LogP contribution in [0, 0.1) is 0 Å². The number of methoxy groups -OCH3 is 2. The fraction of sp³-hybridized carbons (Fsp3) is 0.375. The molecule has 1 aromatic carbocycles. The molecule has 1 aromatic rings. The zero-order chi connectivity index (χ0) is 16.8. The Morgan fingerprint density at radius 1 is 1.39 bits per heavy atom. The zero-order valence-corrected chi connectivity index (χ0v) is 13.4. The molecule has 0 saturated carbocycles. The molecule has 0 radical (unpaired) electrons. The molecule has 7 nitrogen and oxygen atoms in total. The van der Waals surface area contributed by atoms with Crippen LogP contribution in [0.4, 0.5) is 9.59 Å². The Bertz CT molecular complexity index is 603. The van der Waals surface area contributed by atoms with Crippen molar-refractivity contribution in [3.05, 3.63) is 36.4 Å². The molecule has 7 heteroatoms. The smallest absolute Gasteiger partial charge is 0.328 e. The molecule has 1 heterocycles. The van der Waals surface area contributed by atoms with Crippen molar-refractivity contribution in [1.29, 1.82) is 0 Å². The average Bonchev–Trinajstić information content (AvgIpc) is 2.99. The lowest BCUT2D eigenvalue weighted by molar-refractivity contribution is 0.166. The van der Waals surface area contributed by atoms with E-state index in [1.165, 1.54) is 4.90 Å². The number of imide groups is 1. The minimum atomic E-state index is -0.364. The number of ether oxygens (including phenoxy) is 2. The number of hydrogen-bond acceptors (Lipinski definition) is 4. The van der Waals surface area contributed by atoms with Crippen molar-refractivity contribution >= 4 is 12.1 Å². The van der Waals surface area contributed by atoms with Crippen LogP contribution in [-0.2, 0) is 6.54 Å². The third kappa shape index (κ3) is 3.74. The van der Waals surface area contributed by atoms with Crippen LogP contribution in [0.2, 0.25) is 0 Å². The fourth-order valence-electron chi connectivity index (χ4n) is 2.39. The van der Waals surface area contributed by atoms with E-state index in [1.54, 1.807) is 31.3 Å². The van der Waals surface area contributed by atoms with Crippen molar-refractivity contribution in [3.8, 4) is 11.5 Å². The van der Waals surface area contributed by atoms with Gasteiger partial charge in [0.2, 0.25) is 0 Å². The molecule has 1 N–H and O–H groups in total. The van der Waals surface area contributed by atoms with Gasteiger partial charge < -0.3 is 19.7 Å². The topological polar surface area (TPSA) is 71.1 Å². The second kappa shape index (κ2) is 7.53. The molecule has 1 saturated heterocycles. The predicted octanol–water partition coefficient (Wildman–Crippen LogP) is 1.84. The Morgan fingerprint density at radius 2 is 2.13 bits per heavy atom. The number of carbonyl (C=O) groups excluding carboxylic acids is 2. The Balaban J connectivity index is 2.17. The quantitative estimate of drug-likeness (QED) is 0.812. The molecule has 0 unspecified atom stereocenters. The Labute approximate surface area is 135 Å². The summed E-state index contributed by atoms with van der Waals surface area (Å²) in [5, 5.41) is 2.62. The van der Waals surface area contributed by atoms with Crippen molar-refractivity contribution in [3.63, 3.8) is 0 Å². The fourth-order valence-corrected chi connectivity index (χ4v) is 2.39. The maximum absolute atomic E-state index is 12.5. The summed E-state index contributed by atoms with van der Waals surface area (Å²) in [4.78, 5) is 26.9. The van der Waals surface area contributed by atoms with Gasteiger partial charge in [-0.2, -0.15) is 0 Å². The Morgan fingerprint density at radius 3 is 2.70 bits per heavy atom. The molecule has 1 aliphatic heterocycles. The highest BCUT2D eigenvalue weighted by atomic mass is 16.5. The zero-order valence-electron chi connectivity index (χ0n) is 13.4. The van der Waals surface area contributed by atoms with Crippen molar-refractivity contribution in [1.82, 2.24) is 15.1 Å². The number of amides is 4. The first-order valence-corrected chi connectivity index (χ1v) is 7.26. The monoisotopic (exact) mass is 319 g/mol. The average molecular weight is 319 g/mol. The molecule has 4 amide bonds. The summed E-state index contributed by atoms with van der Waals surface area (Å²) in [6, 6.07) is 4.75. The van der Waals surface area contributed by atoms with Gasteiger partial charge in [0, 0.05) is 26.2 Å². The number of hydrogen-bond donors (Lipinski definition) is 1. The molecule has 0 aliphatic carbocycles. The molecule has 2 rings (SSSR count). The van der Waals surface area contributed by atoms with Gasteiger partial charge in [-0.25, -0.2) is 14.5 Å². The number of carbonyl (C=O) groups is 2. The lowest BCUT2D eigenvalue weighted by Crippen LogP contribution is -2.44. The third-order valence-electron chi connectivity index (χ3n) is 3.53. The van der Waals surface area contributed by atoms with E-state index in [4.69, 9.17) is 9.47 Å². The normalized spacial score (nSPS) is 13.5. The summed E-state index contributed by atoms with van der Waals surface area (Å²) >= 11 is 0. The highest BCUT2D eigenvalue weighted by molar-refractivity contribution is 5.95. The van der Waals surface area contributed by atoms with E-state index in [-0.39, 0.29) is 12.1 Å². The molecule has 0 atom stereocenters. The number of nitrogens with zero attached hydrogens (tertiary/aromatic N) is 2. The van der Waals surface area contributed by atoms with Gasteiger partial charge in [-0.1, -0.05) is 12.1 Å². The first kappa shape index (κ1) is 16.7. The summed E-state index contributed by atoms with van der Waals surface area (Å²) in [6.45, 7) is 5.21. The molecule has 1 fully saturated rings. The van der Waals surface area contributed by atoms with Crippen LogP contribution < -0.4 is 14.8 Å². The summed E-state index contributed by atoms with van der Waals surface area (Å²) in [5.41, 5.74) is 0.873.